The second kappa shape index (κ2) is 9.67. The zero-order valence-electron chi connectivity index (χ0n) is 18.6. The summed E-state index contributed by atoms with van der Waals surface area (Å²) in [5.74, 6) is 0.618. The van der Waals surface area contributed by atoms with E-state index in [1.165, 1.54) is 18.2 Å². The minimum Gasteiger partial charge on any atom is -0.494 e. The van der Waals surface area contributed by atoms with Gasteiger partial charge in [-0.25, -0.2) is 4.68 Å². The quantitative estimate of drug-likeness (QED) is 0.480. The number of hydrogen-bond donors (Lipinski definition) is 0. The van der Waals surface area contributed by atoms with Crippen LogP contribution in [0.1, 0.15) is 31.7 Å². The fraction of sp³-hybridized carbons (Fsp3) is 0.269. The van der Waals surface area contributed by atoms with Gasteiger partial charge in [0.25, 0.3) is 5.91 Å². The minimum absolute atomic E-state index is 0.179. The van der Waals surface area contributed by atoms with Crippen LogP contribution in [0.5, 0.6) is 5.75 Å². The number of aliphatic imine (C=N–C) groups is 1. The highest BCUT2D eigenvalue weighted by Gasteiger charge is 2.27. The van der Waals surface area contributed by atoms with E-state index in [4.69, 9.17) is 9.84 Å². The molecule has 0 saturated carbocycles. The molecule has 6 nitrogen and oxygen atoms in total. The van der Waals surface area contributed by atoms with Gasteiger partial charge in [0, 0.05) is 30.4 Å². The standard InChI is InChI=1S/C26H26N4O2S/c1-2-32-22-13-9-10-19(16-22)24-20(18-30(28-24)21-11-5-3-6-12-21)17-23-25(31)27-26(33-23)29-14-7-4-8-15-29/h3,5-6,9-13,16-18H,2,4,7-8,14-15H2,1H3/b23-17-. The summed E-state index contributed by atoms with van der Waals surface area (Å²) in [7, 11) is 0. The zero-order valence-corrected chi connectivity index (χ0v) is 19.4. The van der Waals surface area contributed by atoms with Gasteiger partial charge in [-0.1, -0.05) is 30.3 Å². The summed E-state index contributed by atoms with van der Waals surface area (Å²) in [5.41, 5.74) is 3.57. The lowest BCUT2D eigenvalue weighted by Crippen LogP contribution is -2.33. The summed E-state index contributed by atoms with van der Waals surface area (Å²) >= 11 is 1.47. The molecule has 1 fully saturated rings. The third kappa shape index (κ3) is 4.73. The Kier molecular flexibility index (Phi) is 6.30. The van der Waals surface area contributed by atoms with Crippen LogP contribution in [-0.4, -0.2) is 45.5 Å². The van der Waals surface area contributed by atoms with E-state index in [1.54, 1.807) is 0 Å². The number of para-hydroxylation sites is 1. The number of benzene rings is 2. The number of hydrogen-bond acceptors (Lipinski definition) is 5. The van der Waals surface area contributed by atoms with Crippen molar-refractivity contribution >= 4 is 28.9 Å². The van der Waals surface area contributed by atoms with Gasteiger partial charge in [-0.15, -0.1) is 0 Å². The molecule has 33 heavy (non-hydrogen) atoms. The number of thioether (sulfide) groups is 1. The maximum atomic E-state index is 12.7. The Morgan fingerprint density at radius 3 is 2.67 bits per heavy atom. The minimum atomic E-state index is -0.179. The predicted molar refractivity (Wildman–Crippen MR) is 134 cm³/mol. The van der Waals surface area contributed by atoms with E-state index in [-0.39, 0.29) is 5.91 Å². The molecule has 0 spiro atoms. The van der Waals surface area contributed by atoms with Gasteiger partial charge >= 0.3 is 0 Å². The first-order chi connectivity index (χ1) is 16.2. The van der Waals surface area contributed by atoms with Crippen LogP contribution in [0.15, 0.2) is 70.7 Å². The molecule has 1 aromatic heterocycles. The van der Waals surface area contributed by atoms with Crippen LogP contribution >= 0.6 is 11.8 Å². The molecule has 2 aliphatic heterocycles. The normalized spacial score (nSPS) is 17.5. The van der Waals surface area contributed by atoms with E-state index in [2.05, 4.69) is 9.89 Å². The van der Waals surface area contributed by atoms with Crippen LogP contribution < -0.4 is 4.74 Å². The lowest BCUT2D eigenvalue weighted by molar-refractivity contribution is -0.113. The van der Waals surface area contributed by atoms with Gasteiger partial charge in [0.05, 0.1) is 17.2 Å². The molecule has 0 radical (unpaired) electrons. The molecule has 2 aliphatic rings. The number of carbonyl (C=O) groups is 1. The van der Waals surface area contributed by atoms with Gasteiger partial charge in [-0.05, 0) is 68.3 Å². The van der Waals surface area contributed by atoms with E-state index in [0.29, 0.717) is 11.5 Å². The van der Waals surface area contributed by atoms with Crippen molar-refractivity contribution in [3.63, 3.8) is 0 Å². The maximum absolute atomic E-state index is 12.7. The molecule has 7 heteroatoms. The summed E-state index contributed by atoms with van der Waals surface area (Å²) in [6.07, 6.45) is 7.43. The first-order valence-corrected chi connectivity index (χ1v) is 12.2. The first-order valence-electron chi connectivity index (χ1n) is 11.4. The number of amides is 1. The van der Waals surface area contributed by atoms with Crippen LogP contribution in [0.2, 0.25) is 0 Å². The predicted octanol–water partition coefficient (Wildman–Crippen LogP) is 5.39. The van der Waals surface area contributed by atoms with Gasteiger partial charge in [-0.3, -0.25) is 4.79 Å². The van der Waals surface area contributed by atoms with Crippen molar-refractivity contribution in [2.75, 3.05) is 19.7 Å². The van der Waals surface area contributed by atoms with Crippen LogP contribution in [-0.2, 0) is 4.79 Å². The van der Waals surface area contributed by atoms with Crippen LogP contribution in [0.4, 0.5) is 0 Å². The van der Waals surface area contributed by atoms with Gasteiger partial charge in [0.2, 0.25) is 0 Å². The van der Waals surface area contributed by atoms with Crippen molar-refractivity contribution in [3.8, 4) is 22.7 Å². The van der Waals surface area contributed by atoms with Gasteiger partial charge in [0.1, 0.15) is 11.4 Å². The molecule has 5 rings (SSSR count). The largest absolute Gasteiger partial charge is 0.494 e. The molecule has 3 aromatic rings. The molecule has 0 N–H and O–H groups in total. The second-order valence-electron chi connectivity index (χ2n) is 8.03. The second-order valence-corrected chi connectivity index (χ2v) is 9.04. The third-order valence-electron chi connectivity index (χ3n) is 5.70. The highest BCUT2D eigenvalue weighted by Crippen LogP contribution is 2.34. The molecule has 0 unspecified atom stereocenters. The molecule has 3 heterocycles. The number of likely N-dealkylation sites (tertiary alicyclic amines) is 1. The Morgan fingerprint density at radius 2 is 1.88 bits per heavy atom. The van der Waals surface area contributed by atoms with Crippen molar-refractivity contribution in [1.82, 2.24) is 14.7 Å². The average molecular weight is 459 g/mol. The van der Waals surface area contributed by atoms with E-state index in [9.17, 15) is 4.79 Å². The van der Waals surface area contributed by atoms with Crippen LogP contribution in [0.3, 0.4) is 0 Å². The highest BCUT2D eigenvalue weighted by atomic mass is 32.2. The number of carbonyl (C=O) groups excluding carboxylic acids is 1. The number of rotatable bonds is 5. The van der Waals surface area contributed by atoms with Gasteiger partial charge < -0.3 is 9.64 Å². The Hall–Kier alpha value is -3.32. The fourth-order valence-corrected chi connectivity index (χ4v) is 5.05. The molecular weight excluding hydrogens is 432 g/mol. The summed E-state index contributed by atoms with van der Waals surface area (Å²) in [6.45, 7) is 4.50. The lowest BCUT2D eigenvalue weighted by atomic mass is 10.1. The zero-order chi connectivity index (χ0) is 22.6. The molecule has 1 saturated heterocycles. The smallest absolute Gasteiger partial charge is 0.286 e. The lowest BCUT2D eigenvalue weighted by Gasteiger charge is -2.27. The molecule has 0 aliphatic carbocycles. The van der Waals surface area contributed by atoms with E-state index >= 15 is 0 Å². The Bertz CT molecular complexity index is 1210. The summed E-state index contributed by atoms with van der Waals surface area (Å²) in [5, 5.41) is 5.70. The monoisotopic (exact) mass is 458 g/mol. The number of piperidine rings is 1. The summed E-state index contributed by atoms with van der Waals surface area (Å²) < 4.78 is 7.55. The summed E-state index contributed by atoms with van der Waals surface area (Å²) in [6, 6.07) is 17.9. The van der Waals surface area contributed by atoms with Crippen molar-refractivity contribution < 1.29 is 9.53 Å². The van der Waals surface area contributed by atoms with Crippen LogP contribution in [0, 0.1) is 0 Å². The van der Waals surface area contributed by atoms with E-state index < -0.39 is 0 Å². The summed E-state index contributed by atoms with van der Waals surface area (Å²) in [4.78, 5) is 20.0. The first kappa shape index (κ1) is 21.5. The number of aromatic nitrogens is 2. The van der Waals surface area contributed by atoms with Crippen LogP contribution in [0.25, 0.3) is 23.0 Å². The number of ether oxygens (including phenoxy) is 1. The van der Waals surface area contributed by atoms with E-state index in [0.717, 1.165) is 59.4 Å². The topological polar surface area (TPSA) is 59.7 Å². The highest BCUT2D eigenvalue weighted by molar-refractivity contribution is 8.18. The van der Waals surface area contributed by atoms with Gasteiger partial charge in [0.15, 0.2) is 5.17 Å². The van der Waals surface area contributed by atoms with Crippen molar-refractivity contribution in [2.24, 2.45) is 4.99 Å². The molecule has 0 atom stereocenters. The molecular formula is C26H26N4O2S. The maximum Gasteiger partial charge on any atom is 0.286 e. The molecule has 2 aromatic carbocycles. The molecule has 0 bridgehead atoms. The third-order valence-corrected chi connectivity index (χ3v) is 6.75. The average Bonchev–Trinajstić information content (AvgIpc) is 3.45. The number of nitrogens with zero attached hydrogens (tertiary/aromatic N) is 4. The Morgan fingerprint density at radius 1 is 1.06 bits per heavy atom. The molecule has 1 amide bonds. The van der Waals surface area contributed by atoms with Gasteiger partial charge in [-0.2, -0.15) is 10.1 Å². The number of amidine groups is 1. The fourth-order valence-electron chi connectivity index (χ4n) is 4.09. The van der Waals surface area contributed by atoms with Crippen molar-refractivity contribution in [2.45, 2.75) is 26.2 Å². The SMILES string of the molecule is CCOc1cccc(-c2nn(-c3ccccc3)cc2/C=C2\SC(N3CCCCC3)=NC2=O)c1. The van der Waals surface area contributed by atoms with E-state index in [1.807, 2.05) is 78.5 Å². The Balaban J connectivity index is 1.52. The van der Waals surface area contributed by atoms with Crippen molar-refractivity contribution in [3.05, 3.63) is 71.3 Å². The Labute approximate surface area is 198 Å². The molecule has 168 valence electrons. The van der Waals surface area contributed by atoms with Crippen molar-refractivity contribution in [1.29, 1.82) is 0 Å².